The number of benzene rings is 2. The largest absolute Gasteiger partial charge is 0.497 e. The Kier molecular flexibility index (Phi) is 5.77. The maximum Gasteiger partial charge on any atom is 0.227 e. The quantitative estimate of drug-likeness (QED) is 0.673. The minimum Gasteiger partial charge on any atom is -0.497 e. The van der Waals surface area contributed by atoms with Crippen molar-refractivity contribution in [3.05, 3.63) is 60.3 Å². The molecule has 3 aromatic rings. The van der Waals surface area contributed by atoms with Gasteiger partial charge in [0.05, 0.1) is 30.2 Å². The highest BCUT2D eigenvalue weighted by molar-refractivity contribution is 5.68. The molecule has 0 amide bonds. The molecule has 0 aliphatic carbocycles. The van der Waals surface area contributed by atoms with Gasteiger partial charge in [0.15, 0.2) is 0 Å². The number of piperidine rings is 1. The second-order valence-electron chi connectivity index (χ2n) is 7.18. The van der Waals surface area contributed by atoms with Crippen LogP contribution in [-0.4, -0.2) is 41.4 Å². The van der Waals surface area contributed by atoms with Gasteiger partial charge in [0.25, 0.3) is 0 Å². The van der Waals surface area contributed by atoms with E-state index in [1.54, 1.807) is 13.3 Å². The Labute approximate surface area is 175 Å². The molecule has 1 fully saturated rings. The normalized spacial score (nSPS) is 14.2. The molecule has 7 heteroatoms. The number of nitrogens with one attached hydrogen (secondary N) is 1. The third-order valence-electron chi connectivity index (χ3n) is 5.20. The molecule has 30 heavy (non-hydrogen) atoms. The van der Waals surface area contributed by atoms with Crippen molar-refractivity contribution in [1.82, 2.24) is 9.97 Å². The van der Waals surface area contributed by atoms with Crippen LogP contribution < -0.4 is 15.0 Å². The average Bonchev–Trinajstić information content (AvgIpc) is 2.80. The summed E-state index contributed by atoms with van der Waals surface area (Å²) in [7, 11) is 1.63. The number of ether oxygens (including phenoxy) is 1. The third-order valence-corrected chi connectivity index (χ3v) is 5.20. The summed E-state index contributed by atoms with van der Waals surface area (Å²) in [5, 5.41) is 22.5. The van der Waals surface area contributed by atoms with Crippen LogP contribution in [0.1, 0.15) is 18.4 Å². The smallest absolute Gasteiger partial charge is 0.227 e. The van der Waals surface area contributed by atoms with Gasteiger partial charge in [-0.3, -0.25) is 0 Å². The molecular formula is C23H23N5O2. The van der Waals surface area contributed by atoms with Gasteiger partial charge < -0.3 is 20.1 Å². The van der Waals surface area contributed by atoms with Crippen LogP contribution in [0.25, 0.3) is 11.3 Å². The summed E-state index contributed by atoms with van der Waals surface area (Å²) in [4.78, 5) is 11.0. The van der Waals surface area contributed by atoms with Crippen LogP contribution in [0.5, 0.6) is 5.75 Å². The lowest BCUT2D eigenvalue weighted by atomic mass is 10.1. The number of aliphatic hydroxyl groups is 1. The Morgan fingerprint density at radius 2 is 2.00 bits per heavy atom. The van der Waals surface area contributed by atoms with E-state index in [-0.39, 0.29) is 6.10 Å². The Morgan fingerprint density at radius 3 is 2.77 bits per heavy atom. The van der Waals surface area contributed by atoms with E-state index in [0.717, 1.165) is 54.3 Å². The molecule has 2 heterocycles. The molecule has 2 aromatic carbocycles. The molecule has 1 aliphatic rings. The van der Waals surface area contributed by atoms with Gasteiger partial charge >= 0.3 is 0 Å². The SMILES string of the molecule is COc1cccc(-c2ccnc(Nc3ccc(N4CCC(O)CC4)c(C#N)c3)n2)c1. The van der Waals surface area contributed by atoms with E-state index >= 15 is 0 Å². The Hall–Kier alpha value is -3.63. The zero-order valence-electron chi connectivity index (χ0n) is 16.7. The van der Waals surface area contributed by atoms with E-state index < -0.39 is 0 Å². The second kappa shape index (κ2) is 8.80. The third kappa shape index (κ3) is 4.34. The lowest BCUT2D eigenvalue weighted by Crippen LogP contribution is -2.36. The van der Waals surface area contributed by atoms with Gasteiger partial charge in [0, 0.05) is 30.5 Å². The van der Waals surface area contributed by atoms with Crippen molar-refractivity contribution >= 4 is 17.3 Å². The van der Waals surface area contributed by atoms with Crippen LogP contribution in [0.2, 0.25) is 0 Å². The summed E-state index contributed by atoms with van der Waals surface area (Å²) in [5.41, 5.74) is 3.92. The summed E-state index contributed by atoms with van der Waals surface area (Å²) in [6, 6.07) is 17.5. The summed E-state index contributed by atoms with van der Waals surface area (Å²) in [6.07, 6.45) is 2.88. The molecule has 0 atom stereocenters. The topological polar surface area (TPSA) is 94.3 Å². The number of aromatic nitrogens is 2. The second-order valence-corrected chi connectivity index (χ2v) is 7.18. The summed E-state index contributed by atoms with van der Waals surface area (Å²) >= 11 is 0. The van der Waals surface area contributed by atoms with E-state index in [4.69, 9.17) is 4.74 Å². The van der Waals surface area contributed by atoms with Crippen molar-refractivity contribution in [2.45, 2.75) is 18.9 Å². The van der Waals surface area contributed by atoms with Gasteiger partial charge in [-0.15, -0.1) is 0 Å². The Bertz CT molecular complexity index is 1070. The Balaban J connectivity index is 1.55. The van der Waals surface area contributed by atoms with Crippen LogP contribution in [0.4, 0.5) is 17.3 Å². The zero-order valence-corrected chi connectivity index (χ0v) is 16.7. The molecule has 4 rings (SSSR count). The first kappa shape index (κ1) is 19.7. The van der Waals surface area contributed by atoms with Crippen LogP contribution in [0.15, 0.2) is 54.7 Å². The predicted octanol–water partition coefficient (Wildman–Crippen LogP) is 3.73. The van der Waals surface area contributed by atoms with Gasteiger partial charge in [-0.25, -0.2) is 9.97 Å². The lowest BCUT2D eigenvalue weighted by molar-refractivity contribution is 0.145. The molecule has 152 valence electrons. The van der Waals surface area contributed by atoms with Gasteiger partial charge in [0.1, 0.15) is 11.8 Å². The lowest BCUT2D eigenvalue weighted by Gasteiger charge is -2.32. The maximum absolute atomic E-state index is 9.72. The number of methoxy groups -OCH3 is 1. The van der Waals surface area contributed by atoms with E-state index in [0.29, 0.717) is 11.5 Å². The monoisotopic (exact) mass is 401 g/mol. The summed E-state index contributed by atoms with van der Waals surface area (Å²) in [5.74, 6) is 1.22. The first-order valence-electron chi connectivity index (χ1n) is 9.88. The van der Waals surface area contributed by atoms with Crippen molar-refractivity contribution in [2.75, 3.05) is 30.4 Å². The number of nitrogens with zero attached hydrogens (tertiary/aromatic N) is 4. The molecule has 2 N–H and O–H groups in total. The van der Waals surface area contributed by atoms with Gasteiger partial charge in [-0.2, -0.15) is 5.26 Å². The van der Waals surface area contributed by atoms with Crippen LogP contribution in [0.3, 0.4) is 0 Å². The number of anilines is 3. The van der Waals surface area contributed by atoms with E-state index in [9.17, 15) is 10.4 Å². The fourth-order valence-electron chi connectivity index (χ4n) is 3.58. The molecule has 1 aliphatic heterocycles. The maximum atomic E-state index is 9.72. The van der Waals surface area contributed by atoms with Crippen LogP contribution in [-0.2, 0) is 0 Å². The molecule has 1 saturated heterocycles. The minimum atomic E-state index is -0.248. The van der Waals surface area contributed by atoms with Crippen LogP contribution in [0, 0.1) is 11.3 Å². The van der Waals surface area contributed by atoms with Crippen LogP contribution >= 0.6 is 0 Å². The fourth-order valence-corrected chi connectivity index (χ4v) is 3.58. The number of aliphatic hydroxyl groups excluding tert-OH is 1. The van der Waals surface area contributed by atoms with E-state index in [2.05, 4.69) is 26.3 Å². The van der Waals surface area contributed by atoms with Gasteiger partial charge in [-0.05, 0) is 49.2 Å². The fraction of sp³-hybridized carbons (Fsp3) is 0.261. The summed E-state index contributed by atoms with van der Waals surface area (Å²) in [6.45, 7) is 1.49. The Morgan fingerprint density at radius 1 is 1.17 bits per heavy atom. The predicted molar refractivity (Wildman–Crippen MR) is 116 cm³/mol. The molecule has 7 nitrogen and oxygen atoms in total. The summed E-state index contributed by atoms with van der Waals surface area (Å²) < 4.78 is 5.29. The standard InChI is InChI=1S/C23H23N5O2/c1-30-20-4-2-3-16(14-20)21-7-10-25-23(27-21)26-18-5-6-22(17(13-18)15-24)28-11-8-19(29)9-12-28/h2-7,10,13-14,19,29H,8-9,11-12H2,1H3,(H,25,26,27). The number of hydrogen-bond donors (Lipinski definition) is 2. The van der Waals surface area contributed by atoms with Crippen molar-refractivity contribution in [3.63, 3.8) is 0 Å². The first-order chi connectivity index (χ1) is 14.7. The number of rotatable bonds is 5. The van der Waals surface area contributed by atoms with Gasteiger partial charge in [0.2, 0.25) is 5.95 Å². The van der Waals surface area contributed by atoms with Gasteiger partial charge in [-0.1, -0.05) is 12.1 Å². The molecule has 0 unspecified atom stereocenters. The highest BCUT2D eigenvalue weighted by Crippen LogP contribution is 2.28. The number of nitriles is 1. The molecule has 0 saturated carbocycles. The number of hydrogen-bond acceptors (Lipinski definition) is 7. The molecule has 0 spiro atoms. The highest BCUT2D eigenvalue weighted by atomic mass is 16.5. The van der Waals surface area contributed by atoms with E-state index in [1.165, 1.54) is 0 Å². The minimum absolute atomic E-state index is 0.248. The molecular weight excluding hydrogens is 378 g/mol. The zero-order chi connectivity index (χ0) is 20.9. The van der Waals surface area contributed by atoms with Crippen molar-refractivity contribution in [2.24, 2.45) is 0 Å². The van der Waals surface area contributed by atoms with Crippen molar-refractivity contribution in [3.8, 4) is 23.1 Å². The molecule has 0 radical (unpaired) electrons. The van der Waals surface area contributed by atoms with Crippen molar-refractivity contribution in [1.29, 1.82) is 5.26 Å². The van der Waals surface area contributed by atoms with Crippen molar-refractivity contribution < 1.29 is 9.84 Å². The molecule has 1 aromatic heterocycles. The average molecular weight is 401 g/mol. The molecule has 0 bridgehead atoms. The first-order valence-corrected chi connectivity index (χ1v) is 9.88. The highest BCUT2D eigenvalue weighted by Gasteiger charge is 2.19. The van der Waals surface area contributed by atoms with E-state index in [1.807, 2.05) is 48.5 Å².